The van der Waals surface area contributed by atoms with E-state index in [4.69, 9.17) is 21.1 Å². The van der Waals surface area contributed by atoms with Crippen molar-refractivity contribution in [1.82, 2.24) is 4.90 Å². The maximum Gasteiger partial charge on any atom is 0.119 e. The lowest BCUT2D eigenvalue weighted by molar-refractivity contribution is -0.0285. The van der Waals surface area contributed by atoms with Gasteiger partial charge in [-0.25, -0.2) is 0 Å². The van der Waals surface area contributed by atoms with Gasteiger partial charge in [0.2, 0.25) is 0 Å². The van der Waals surface area contributed by atoms with Crippen molar-refractivity contribution in [3.05, 3.63) is 64.7 Å². The van der Waals surface area contributed by atoms with Crippen LogP contribution in [-0.4, -0.2) is 49.5 Å². The minimum Gasteiger partial charge on any atom is -0.494 e. The fourth-order valence-corrected chi connectivity index (χ4v) is 4.68. The zero-order valence-corrected chi connectivity index (χ0v) is 20.3. The first-order chi connectivity index (χ1) is 15.6. The molecular formula is C27H38ClNO3. The second-order valence-electron chi connectivity index (χ2n) is 8.77. The Labute approximate surface area is 198 Å². The maximum atomic E-state index is 12.2. The molecule has 2 aromatic rings. The normalized spacial score (nSPS) is 17.6. The third kappa shape index (κ3) is 6.71. The van der Waals surface area contributed by atoms with Crippen molar-refractivity contribution in [3.8, 4) is 5.75 Å². The maximum absolute atomic E-state index is 12.2. The molecule has 1 fully saturated rings. The Hall–Kier alpha value is -1.59. The molecule has 0 amide bonds. The number of hydrogen-bond acceptors (Lipinski definition) is 4. The Kier molecular flexibility index (Phi) is 9.86. The van der Waals surface area contributed by atoms with E-state index in [0.717, 1.165) is 69.2 Å². The fourth-order valence-electron chi connectivity index (χ4n) is 4.55. The van der Waals surface area contributed by atoms with Gasteiger partial charge in [0.15, 0.2) is 0 Å². The molecule has 0 aromatic heterocycles. The van der Waals surface area contributed by atoms with Crippen LogP contribution in [0.5, 0.6) is 5.75 Å². The number of hydrogen-bond donors (Lipinski definition) is 1. The van der Waals surface area contributed by atoms with Gasteiger partial charge >= 0.3 is 0 Å². The topological polar surface area (TPSA) is 41.9 Å². The van der Waals surface area contributed by atoms with Crippen molar-refractivity contribution in [3.63, 3.8) is 0 Å². The first-order valence-corrected chi connectivity index (χ1v) is 12.5. The number of aliphatic hydroxyl groups is 1. The van der Waals surface area contributed by atoms with E-state index in [9.17, 15) is 5.11 Å². The number of nitrogens with zero attached hydrogens (tertiary/aromatic N) is 1. The molecule has 4 nitrogen and oxygen atoms in total. The Morgan fingerprint density at radius 1 is 1.00 bits per heavy atom. The average molecular weight is 460 g/mol. The summed E-state index contributed by atoms with van der Waals surface area (Å²) in [4.78, 5) is 2.40. The number of ether oxygens (including phenoxy) is 2. The molecule has 2 atom stereocenters. The molecule has 32 heavy (non-hydrogen) atoms. The number of morpholine rings is 1. The standard InChI is InChI=1S/C27H38ClNO3/c1-3-5-6-18-32-25-13-9-23(10-14-25)27(30,15-4-2)26(21-29-16-19-31-20-17-29)22-7-11-24(28)12-8-22/h7-14,26,30H,3-6,15-21H2,1-2H3. The van der Waals surface area contributed by atoms with Crippen LogP contribution in [0.25, 0.3) is 0 Å². The summed E-state index contributed by atoms with van der Waals surface area (Å²) in [5.41, 5.74) is 1.06. The fraction of sp³-hybridized carbons (Fsp3) is 0.556. The van der Waals surface area contributed by atoms with E-state index >= 15 is 0 Å². The Balaban J connectivity index is 1.87. The molecule has 1 aliphatic heterocycles. The largest absolute Gasteiger partial charge is 0.494 e. The third-order valence-electron chi connectivity index (χ3n) is 6.40. The van der Waals surface area contributed by atoms with Gasteiger partial charge in [-0.05, 0) is 48.2 Å². The van der Waals surface area contributed by atoms with Crippen LogP contribution in [0.2, 0.25) is 5.02 Å². The lowest BCUT2D eigenvalue weighted by Crippen LogP contribution is -2.45. The van der Waals surface area contributed by atoms with Crippen LogP contribution in [0.3, 0.4) is 0 Å². The molecule has 3 rings (SSSR count). The number of benzene rings is 2. The minimum absolute atomic E-state index is 0.0749. The summed E-state index contributed by atoms with van der Waals surface area (Å²) in [5, 5.41) is 12.9. The Morgan fingerprint density at radius 2 is 1.69 bits per heavy atom. The smallest absolute Gasteiger partial charge is 0.119 e. The van der Waals surface area contributed by atoms with Crippen LogP contribution in [-0.2, 0) is 10.3 Å². The summed E-state index contributed by atoms with van der Waals surface area (Å²) in [6, 6.07) is 16.0. The monoisotopic (exact) mass is 459 g/mol. The highest BCUT2D eigenvalue weighted by Crippen LogP contribution is 2.42. The van der Waals surface area contributed by atoms with Gasteiger partial charge in [-0.2, -0.15) is 0 Å². The zero-order chi connectivity index (χ0) is 22.8. The summed E-state index contributed by atoms with van der Waals surface area (Å²) in [6.07, 6.45) is 5.00. The van der Waals surface area contributed by atoms with E-state index in [2.05, 4.69) is 30.9 Å². The van der Waals surface area contributed by atoms with Gasteiger partial charge in [0, 0.05) is 30.6 Å². The van der Waals surface area contributed by atoms with Crippen LogP contribution in [0.1, 0.15) is 63.0 Å². The summed E-state index contributed by atoms with van der Waals surface area (Å²) < 4.78 is 11.4. The van der Waals surface area contributed by atoms with Crippen LogP contribution in [0.15, 0.2) is 48.5 Å². The quantitative estimate of drug-likeness (QED) is 0.394. The van der Waals surface area contributed by atoms with Crippen molar-refractivity contribution in [2.24, 2.45) is 0 Å². The lowest BCUT2D eigenvalue weighted by Gasteiger charge is -2.41. The molecule has 1 aliphatic rings. The highest BCUT2D eigenvalue weighted by molar-refractivity contribution is 6.30. The van der Waals surface area contributed by atoms with Gasteiger partial charge < -0.3 is 14.6 Å². The van der Waals surface area contributed by atoms with Gasteiger partial charge in [-0.1, -0.05) is 69.0 Å². The van der Waals surface area contributed by atoms with Crippen molar-refractivity contribution in [2.45, 2.75) is 57.5 Å². The Morgan fingerprint density at radius 3 is 2.31 bits per heavy atom. The predicted molar refractivity (Wildman–Crippen MR) is 132 cm³/mol. The first-order valence-electron chi connectivity index (χ1n) is 12.1. The van der Waals surface area contributed by atoms with E-state index in [0.29, 0.717) is 11.4 Å². The van der Waals surface area contributed by atoms with Crippen molar-refractivity contribution < 1.29 is 14.6 Å². The van der Waals surface area contributed by atoms with Gasteiger partial charge in [0.05, 0.1) is 25.4 Å². The van der Waals surface area contributed by atoms with E-state index in [1.807, 2.05) is 36.4 Å². The van der Waals surface area contributed by atoms with E-state index < -0.39 is 5.60 Å². The van der Waals surface area contributed by atoms with Crippen LogP contribution < -0.4 is 4.74 Å². The molecule has 5 heteroatoms. The van der Waals surface area contributed by atoms with E-state index in [1.54, 1.807) is 0 Å². The first kappa shape index (κ1) is 25.0. The van der Waals surface area contributed by atoms with Crippen LogP contribution >= 0.6 is 11.6 Å². The molecule has 0 bridgehead atoms. The van der Waals surface area contributed by atoms with Gasteiger partial charge in [-0.15, -0.1) is 0 Å². The van der Waals surface area contributed by atoms with Crippen molar-refractivity contribution in [2.75, 3.05) is 39.5 Å². The van der Waals surface area contributed by atoms with Crippen LogP contribution in [0, 0.1) is 0 Å². The SMILES string of the molecule is CCCCCOc1ccc(C(O)(CCC)C(CN2CCOCC2)c2ccc(Cl)cc2)cc1. The van der Waals surface area contributed by atoms with Gasteiger partial charge in [0.1, 0.15) is 5.75 Å². The van der Waals surface area contributed by atoms with Crippen molar-refractivity contribution >= 4 is 11.6 Å². The summed E-state index contributed by atoms with van der Waals surface area (Å²) in [6.45, 7) is 9.08. The molecule has 0 spiro atoms. The molecule has 1 saturated heterocycles. The van der Waals surface area contributed by atoms with Crippen molar-refractivity contribution in [1.29, 1.82) is 0 Å². The molecule has 2 unspecified atom stereocenters. The average Bonchev–Trinajstić information content (AvgIpc) is 2.82. The highest BCUT2D eigenvalue weighted by Gasteiger charge is 2.40. The molecule has 0 saturated carbocycles. The van der Waals surface area contributed by atoms with E-state index in [1.165, 1.54) is 12.8 Å². The molecule has 1 N–H and O–H groups in total. The molecule has 176 valence electrons. The zero-order valence-electron chi connectivity index (χ0n) is 19.6. The number of unbranched alkanes of at least 4 members (excludes halogenated alkanes) is 2. The molecule has 2 aromatic carbocycles. The summed E-state index contributed by atoms with van der Waals surface area (Å²) >= 11 is 6.18. The van der Waals surface area contributed by atoms with E-state index in [-0.39, 0.29) is 5.92 Å². The number of halogens is 1. The molecular weight excluding hydrogens is 422 g/mol. The van der Waals surface area contributed by atoms with Crippen LogP contribution in [0.4, 0.5) is 0 Å². The van der Waals surface area contributed by atoms with Gasteiger partial charge in [0.25, 0.3) is 0 Å². The summed E-state index contributed by atoms with van der Waals surface area (Å²) in [5.74, 6) is 0.786. The second-order valence-corrected chi connectivity index (χ2v) is 9.21. The second kappa shape index (κ2) is 12.6. The molecule has 0 aliphatic carbocycles. The predicted octanol–water partition coefficient (Wildman–Crippen LogP) is 6.01. The highest BCUT2D eigenvalue weighted by atomic mass is 35.5. The Bertz CT molecular complexity index is 790. The lowest BCUT2D eigenvalue weighted by atomic mass is 9.74. The summed E-state index contributed by atoms with van der Waals surface area (Å²) in [7, 11) is 0. The molecule has 0 radical (unpaired) electrons. The molecule has 1 heterocycles. The number of rotatable bonds is 12. The third-order valence-corrected chi connectivity index (χ3v) is 6.65. The minimum atomic E-state index is -0.984. The van der Waals surface area contributed by atoms with Gasteiger partial charge in [-0.3, -0.25) is 4.90 Å².